The lowest BCUT2D eigenvalue weighted by molar-refractivity contribution is -0.479. The zero-order valence-corrected chi connectivity index (χ0v) is 15.5. The number of quaternary nitrogens is 1. The molecular formula is C19H25N6O2+. The minimum absolute atomic E-state index is 0.0137. The molecule has 27 heavy (non-hydrogen) atoms. The number of amides is 2. The Morgan fingerprint density at radius 3 is 2.96 bits per heavy atom. The highest BCUT2D eigenvalue weighted by atomic mass is 16.5. The quantitative estimate of drug-likeness (QED) is 0.583. The molecule has 1 aliphatic rings. The summed E-state index contributed by atoms with van der Waals surface area (Å²) in [4.78, 5) is 20.7. The van der Waals surface area contributed by atoms with E-state index in [1.807, 2.05) is 24.4 Å². The molecule has 2 heterocycles. The minimum atomic E-state index is -0.311. The molecule has 0 aliphatic heterocycles. The van der Waals surface area contributed by atoms with Gasteiger partial charge in [-0.1, -0.05) is 0 Å². The summed E-state index contributed by atoms with van der Waals surface area (Å²) in [6, 6.07) is 5.25. The van der Waals surface area contributed by atoms with Gasteiger partial charge in [-0.05, 0) is 32.3 Å². The van der Waals surface area contributed by atoms with Crippen molar-refractivity contribution in [1.82, 2.24) is 15.3 Å². The SMILES string of the molecule is CO[C@H]1CCC[C@@H]1NC(=O)Nc1cc(C=N)c([NH2+]c2ccnc(C)c2)cn1. The van der Waals surface area contributed by atoms with Crippen LogP contribution in [-0.4, -0.2) is 41.5 Å². The first kappa shape index (κ1) is 18.9. The van der Waals surface area contributed by atoms with Crippen molar-refractivity contribution in [3.63, 3.8) is 0 Å². The number of carbonyl (C=O) groups excluding carboxylic acids is 1. The van der Waals surface area contributed by atoms with Gasteiger partial charge in [0, 0.05) is 37.3 Å². The molecule has 2 atom stereocenters. The van der Waals surface area contributed by atoms with Gasteiger partial charge in [0.2, 0.25) is 0 Å². The number of urea groups is 1. The Hall–Kier alpha value is -2.84. The normalized spacial score (nSPS) is 18.9. The lowest BCUT2D eigenvalue weighted by atomic mass is 10.2. The number of pyridine rings is 2. The van der Waals surface area contributed by atoms with Gasteiger partial charge in [-0.25, -0.2) is 9.78 Å². The van der Waals surface area contributed by atoms with Gasteiger partial charge in [-0.2, -0.15) is 0 Å². The molecule has 5 N–H and O–H groups in total. The van der Waals surface area contributed by atoms with E-state index in [1.54, 1.807) is 25.6 Å². The van der Waals surface area contributed by atoms with Crippen LogP contribution in [0.4, 0.5) is 22.0 Å². The average molecular weight is 369 g/mol. The van der Waals surface area contributed by atoms with Crippen molar-refractivity contribution in [3.8, 4) is 0 Å². The summed E-state index contributed by atoms with van der Waals surface area (Å²) >= 11 is 0. The predicted molar refractivity (Wildman–Crippen MR) is 103 cm³/mol. The molecule has 8 nitrogen and oxygen atoms in total. The van der Waals surface area contributed by atoms with Crippen molar-refractivity contribution in [2.75, 3.05) is 12.4 Å². The third-order valence-corrected chi connectivity index (χ3v) is 4.68. The van der Waals surface area contributed by atoms with Gasteiger partial charge in [0.1, 0.15) is 11.5 Å². The molecule has 142 valence electrons. The number of methoxy groups -OCH3 is 1. The third-order valence-electron chi connectivity index (χ3n) is 4.68. The number of nitrogens with zero attached hydrogens (tertiary/aromatic N) is 2. The molecule has 2 aromatic heterocycles. The fourth-order valence-corrected chi connectivity index (χ4v) is 3.33. The zero-order valence-electron chi connectivity index (χ0n) is 15.5. The second kappa shape index (κ2) is 8.70. The van der Waals surface area contributed by atoms with Gasteiger partial charge in [-0.3, -0.25) is 15.6 Å². The number of nitrogens with one attached hydrogen (secondary N) is 3. The predicted octanol–water partition coefficient (Wildman–Crippen LogP) is 2.00. The Morgan fingerprint density at radius 1 is 1.37 bits per heavy atom. The zero-order chi connectivity index (χ0) is 19.2. The van der Waals surface area contributed by atoms with Crippen molar-refractivity contribution in [2.45, 2.75) is 38.3 Å². The first-order chi connectivity index (χ1) is 13.1. The Kier molecular flexibility index (Phi) is 6.10. The average Bonchev–Trinajstić information content (AvgIpc) is 3.10. The number of carbonyl (C=O) groups is 1. The Bertz CT molecular complexity index is 826. The molecule has 2 aromatic rings. The second-order valence-electron chi connectivity index (χ2n) is 6.63. The summed E-state index contributed by atoms with van der Waals surface area (Å²) in [6.45, 7) is 1.93. The Labute approximate surface area is 158 Å². The van der Waals surface area contributed by atoms with Crippen molar-refractivity contribution in [2.24, 2.45) is 0 Å². The van der Waals surface area contributed by atoms with Crippen LogP contribution >= 0.6 is 0 Å². The monoisotopic (exact) mass is 369 g/mol. The van der Waals surface area contributed by atoms with Gasteiger partial charge in [0.05, 0.1) is 23.9 Å². The smallest absolute Gasteiger partial charge is 0.320 e. The molecule has 1 fully saturated rings. The number of aryl methyl sites for hydroxylation is 1. The van der Waals surface area contributed by atoms with Gasteiger partial charge >= 0.3 is 6.03 Å². The van der Waals surface area contributed by atoms with Crippen LogP contribution in [0.5, 0.6) is 0 Å². The summed E-state index contributed by atoms with van der Waals surface area (Å²) in [5.74, 6) is 0.404. The van der Waals surface area contributed by atoms with Crippen molar-refractivity contribution >= 4 is 29.4 Å². The molecule has 8 heteroatoms. The summed E-state index contributed by atoms with van der Waals surface area (Å²) in [6.07, 6.45) is 7.61. The van der Waals surface area contributed by atoms with E-state index in [9.17, 15) is 4.79 Å². The molecule has 0 saturated heterocycles. The molecule has 0 bridgehead atoms. The summed E-state index contributed by atoms with van der Waals surface area (Å²) in [5.41, 5.74) is 3.38. The van der Waals surface area contributed by atoms with Gasteiger partial charge in [0.15, 0.2) is 5.69 Å². The van der Waals surface area contributed by atoms with Crippen LogP contribution in [0.3, 0.4) is 0 Å². The highest BCUT2D eigenvalue weighted by Crippen LogP contribution is 2.21. The highest BCUT2D eigenvalue weighted by Gasteiger charge is 2.28. The molecule has 3 rings (SSSR count). The van der Waals surface area contributed by atoms with E-state index >= 15 is 0 Å². The minimum Gasteiger partial charge on any atom is -0.379 e. The number of anilines is 1. The molecular weight excluding hydrogens is 344 g/mol. The molecule has 2 amide bonds. The molecule has 0 unspecified atom stereocenters. The van der Waals surface area contributed by atoms with Crippen LogP contribution in [0.2, 0.25) is 0 Å². The summed E-state index contributed by atoms with van der Waals surface area (Å²) in [7, 11) is 1.67. The van der Waals surface area contributed by atoms with Crippen molar-refractivity contribution in [1.29, 1.82) is 5.41 Å². The number of hydrogen-bond donors (Lipinski definition) is 4. The van der Waals surface area contributed by atoms with Crippen LogP contribution in [0.15, 0.2) is 30.6 Å². The Morgan fingerprint density at radius 2 is 2.22 bits per heavy atom. The molecule has 0 aromatic carbocycles. The van der Waals surface area contributed by atoms with Gasteiger partial charge in [-0.15, -0.1) is 0 Å². The van der Waals surface area contributed by atoms with Crippen LogP contribution in [0.25, 0.3) is 0 Å². The summed E-state index contributed by atoms with van der Waals surface area (Å²) in [5, 5.41) is 15.3. The van der Waals surface area contributed by atoms with Crippen LogP contribution in [-0.2, 0) is 4.74 Å². The topological polar surface area (TPSA) is 117 Å². The number of rotatable bonds is 6. The highest BCUT2D eigenvalue weighted by molar-refractivity contribution is 5.91. The molecule has 1 aliphatic carbocycles. The fraction of sp³-hybridized carbons (Fsp3) is 0.368. The van der Waals surface area contributed by atoms with Crippen LogP contribution in [0, 0.1) is 12.3 Å². The lowest BCUT2D eigenvalue weighted by Crippen LogP contribution is -2.71. The third kappa shape index (κ3) is 4.87. The van der Waals surface area contributed by atoms with E-state index in [4.69, 9.17) is 10.1 Å². The van der Waals surface area contributed by atoms with E-state index in [0.717, 1.165) is 36.3 Å². The fourth-order valence-electron chi connectivity index (χ4n) is 3.33. The standard InChI is InChI=1S/C19H24N6O2/c1-12-8-14(6-7-21-12)23-16-11-22-18(9-13(16)10-20)25-19(26)24-15-4-3-5-17(15)27-2/h6-11,15,17,20H,3-5H2,1-2H3,(H,21,23)(H2,22,24,25,26)/p+1/t15-,17-/m0/s1. The number of hydrogen-bond acceptors (Lipinski definition) is 5. The van der Waals surface area contributed by atoms with E-state index in [-0.39, 0.29) is 18.2 Å². The van der Waals surface area contributed by atoms with Crippen LogP contribution in [0.1, 0.15) is 30.5 Å². The number of ether oxygens (including phenoxy) is 1. The van der Waals surface area contributed by atoms with Crippen LogP contribution < -0.4 is 16.0 Å². The first-order valence-electron chi connectivity index (χ1n) is 8.97. The van der Waals surface area contributed by atoms with E-state index in [2.05, 4.69) is 20.6 Å². The van der Waals surface area contributed by atoms with Crippen molar-refractivity contribution < 1.29 is 14.8 Å². The van der Waals surface area contributed by atoms with E-state index in [0.29, 0.717) is 11.4 Å². The number of aromatic nitrogens is 2. The Balaban J connectivity index is 1.66. The number of nitrogens with two attached hydrogens (primary N) is 1. The van der Waals surface area contributed by atoms with Gasteiger partial charge in [0.25, 0.3) is 0 Å². The van der Waals surface area contributed by atoms with E-state index < -0.39 is 0 Å². The lowest BCUT2D eigenvalue weighted by Gasteiger charge is -2.19. The maximum absolute atomic E-state index is 12.3. The largest absolute Gasteiger partial charge is 0.379 e. The molecule has 0 spiro atoms. The second-order valence-corrected chi connectivity index (χ2v) is 6.63. The maximum atomic E-state index is 12.3. The summed E-state index contributed by atoms with van der Waals surface area (Å²) < 4.78 is 5.40. The van der Waals surface area contributed by atoms with Gasteiger partial charge < -0.3 is 15.5 Å². The molecule has 1 saturated carbocycles. The maximum Gasteiger partial charge on any atom is 0.320 e. The molecule has 0 radical (unpaired) electrons. The first-order valence-corrected chi connectivity index (χ1v) is 8.97. The van der Waals surface area contributed by atoms with Crippen molar-refractivity contribution in [3.05, 3.63) is 41.9 Å². The van der Waals surface area contributed by atoms with E-state index in [1.165, 1.54) is 6.21 Å².